The highest BCUT2D eigenvalue weighted by Gasteiger charge is 2.29. The number of fused-ring (bicyclic) bond motifs is 1. The molecule has 1 amide bonds. The van der Waals surface area contributed by atoms with Crippen molar-refractivity contribution in [1.82, 2.24) is 9.62 Å². The van der Waals surface area contributed by atoms with Gasteiger partial charge in [-0.2, -0.15) is 4.31 Å². The van der Waals surface area contributed by atoms with E-state index in [2.05, 4.69) is 5.32 Å². The van der Waals surface area contributed by atoms with Gasteiger partial charge >= 0.3 is 0 Å². The van der Waals surface area contributed by atoms with Crippen molar-refractivity contribution in [2.45, 2.75) is 31.7 Å². The molecule has 5 nitrogen and oxygen atoms in total. The zero-order valence-electron chi connectivity index (χ0n) is 14.5. The molecule has 0 aromatic heterocycles. The maximum atomic E-state index is 13.0. The second-order valence-corrected chi connectivity index (χ2v) is 8.13. The lowest BCUT2D eigenvalue weighted by molar-refractivity contribution is 0.0955. The molecule has 1 aliphatic heterocycles. The van der Waals surface area contributed by atoms with Crippen molar-refractivity contribution < 1.29 is 13.2 Å². The van der Waals surface area contributed by atoms with Crippen LogP contribution in [0.5, 0.6) is 0 Å². The van der Waals surface area contributed by atoms with Crippen molar-refractivity contribution in [3.8, 4) is 0 Å². The highest BCUT2D eigenvalue weighted by molar-refractivity contribution is 7.89. The topological polar surface area (TPSA) is 66.5 Å². The van der Waals surface area contributed by atoms with E-state index >= 15 is 0 Å². The molecule has 1 N–H and O–H groups in total. The van der Waals surface area contributed by atoms with E-state index in [4.69, 9.17) is 0 Å². The summed E-state index contributed by atoms with van der Waals surface area (Å²) in [6.07, 6.45) is 0.699. The normalized spacial score (nSPS) is 14.8. The average Bonchev–Trinajstić information content (AvgIpc) is 2.61. The smallest absolute Gasteiger partial charge is 0.251 e. The monoisotopic (exact) mass is 358 g/mol. The number of nitrogens with one attached hydrogen (secondary N) is 1. The fourth-order valence-electron chi connectivity index (χ4n) is 3.09. The van der Waals surface area contributed by atoms with Crippen molar-refractivity contribution >= 4 is 15.9 Å². The minimum Gasteiger partial charge on any atom is -0.352 e. The Morgan fingerprint density at radius 3 is 2.60 bits per heavy atom. The lowest BCUT2D eigenvalue weighted by atomic mass is 10.0. The Bertz CT molecular complexity index is 907. The molecule has 6 heteroatoms. The molecule has 1 heterocycles. The predicted octanol–water partition coefficient (Wildman–Crippen LogP) is 2.49. The Hall–Kier alpha value is -2.18. The van der Waals surface area contributed by atoms with E-state index in [1.807, 2.05) is 31.2 Å². The quantitative estimate of drug-likeness (QED) is 0.913. The molecule has 0 atom stereocenters. The zero-order valence-corrected chi connectivity index (χ0v) is 15.3. The molecule has 0 spiro atoms. The number of hydrogen-bond acceptors (Lipinski definition) is 3. The van der Waals surface area contributed by atoms with Crippen molar-refractivity contribution in [3.63, 3.8) is 0 Å². The fourth-order valence-corrected chi connectivity index (χ4v) is 4.53. The number of carbonyl (C=O) groups excluding carboxylic acids is 1. The van der Waals surface area contributed by atoms with Crippen LogP contribution in [0.15, 0.2) is 47.4 Å². The summed E-state index contributed by atoms with van der Waals surface area (Å²) < 4.78 is 27.6. The molecule has 0 radical (unpaired) electrons. The van der Waals surface area contributed by atoms with Gasteiger partial charge in [0.15, 0.2) is 0 Å². The first kappa shape index (κ1) is 17.6. The minimum atomic E-state index is -3.64. The van der Waals surface area contributed by atoms with Gasteiger partial charge in [0.1, 0.15) is 0 Å². The zero-order chi connectivity index (χ0) is 18.0. The third kappa shape index (κ3) is 3.45. The molecule has 0 bridgehead atoms. The number of carbonyl (C=O) groups is 1. The van der Waals surface area contributed by atoms with Gasteiger partial charge in [-0.05, 0) is 49.1 Å². The summed E-state index contributed by atoms with van der Waals surface area (Å²) in [5.41, 5.74) is 3.39. The van der Waals surface area contributed by atoms with Gasteiger partial charge in [0.25, 0.3) is 5.91 Å². The van der Waals surface area contributed by atoms with Crippen LogP contribution in [0.2, 0.25) is 0 Å². The first-order valence-corrected chi connectivity index (χ1v) is 9.83. The second-order valence-electron chi connectivity index (χ2n) is 6.19. The second kappa shape index (κ2) is 6.98. The van der Waals surface area contributed by atoms with Gasteiger partial charge in [-0.25, -0.2) is 8.42 Å². The van der Waals surface area contributed by atoms with Gasteiger partial charge < -0.3 is 5.32 Å². The number of nitrogens with zero attached hydrogens (tertiary/aromatic N) is 1. The summed E-state index contributed by atoms with van der Waals surface area (Å²) in [6, 6.07) is 12.7. The summed E-state index contributed by atoms with van der Waals surface area (Å²) in [7, 11) is -3.64. The third-order valence-electron chi connectivity index (χ3n) is 4.52. The van der Waals surface area contributed by atoms with E-state index in [-0.39, 0.29) is 10.8 Å². The van der Waals surface area contributed by atoms with Gasteiger partial charge in [0.2, 0.25) is 10.0 Å². The maximum absolute atomic E-state index is 13.0. The highest BCUT2D eigenvalue weighted by atomic mass is 32.2. The summed E-state index contributed by atoms with van der Waals surface area (Å²) in [5, 5.41) is 2.73. The number of hydrogen-bond donors (Lipinski definition) is 1. The first-order chi connectivity index (χ1) is 11.9. The predicted molar refractivity (Wildman–Crippen MR) is 96.9 cm³/mol. The highest BCUT2D eigenvalue weighted by Crippen LogP contribution is 2.26. The largest absolute Gasteiger partial charge is 0.352 e. The summed E-state index contributed by atoms with van der Waals surface area (Å²) >= 11 is 0. The number of benzene rings is 2. The molecule has 132 valence electrons. The van der Waals surface area contributed by atoms with Gasteiger partial charge in [0.05, 0.1) is 4.90 Å². The van der Waals surface area contributed by atoms with E-state index in [0.717, 1.165) is 11.1 Å². The van der Waals surface area contributed by atoms with Gasteiger partial charge in [0, 0.05) is 25.2 Å². The first-order valence-electron chi connectivity index (χ1n) is 8.39. The van der Waals surface area contributed by atoms with Crippen LogP contribution < -0.4 is 5.32 Å². The van der Waals surface area contributed by atoms with Crippen molar-refractivity contribution in [2.75, 3.05) is 13.1 Å². The average molecular weight is 358 g/mol. The molecular weight excluding hydrogens is 336 g/mol. The SMILES string of the molecule is CCNC(=O)c1cc(S(=O)(=O)N2CCc3ccccc3C2)ccc1C. The van der Waals surface area contributed by atoms with Crippen LogP contribution >= 0.6 is 0 Å². The summed E-state index contributed by atoms with van der Waals surface area (Å²) in [6.45, 7) is 4.95. The Kier molecular flexibility index (Phi) is 4.92. The van der Waals surface area contributed by atoms with Crippen LogP contribution in [0.1, 0.15) is 34.0 Å². The van der Waals surface area contributed by atoms with Crippen molar-refractivity contribution in [1.29, 1.82) is 0 Å². The van der Waals surface area contributed by atoms with Crippen molar-refractivity contribution in [2.24, 2.45) is 0 Å². The molecule has 0 unspecified atom stereocenters. The Morgan fingerprint density at radius 1 is 1.16 bits per heavy atom. The summed E-state index contributed by atoms with van der Waals surface area (Å²) in [4.78, 5) is 12.3. The van der Waals surface area contributed by atoms with E-state index in [1.165, 1.54) is 15.9 Å². The molecule has 0 aliphatic carbocycles. The van der Waals surface area contributed by atoms with Crippen LogP contribution in [0, 0.1) is 6.92 Å². The van der Waals surface area contributed by atoms with E-state index in [0.29, 0.717) is 31.6 Å². The Morgan fingerprint density at radius 2 is 1.88 bits per heavy atom. The number of aryl methyl sites for hydroxylation is 1. The molecule has 0 fully saturated rings. The van der Waals surface area contributed by atoms with E-state index in [9.17, 15) is 13.2 Å². The fraction of sp³-hybridized carbons (Fsp3) is 0.316. The molecule has 2 aromatic rings. The molecular formula is C19H22N2O3S. The lowest BCUT2D eigenvalue weighted by Crippen LogP contribution is -2.36. The number of sulfonamides is 1. The van der Waals surface area contributed by atoms with Crippen LogP contribution in [-0.4, -0.2) is 31.7 Å². The lowest BCUT2D eigenvalue weighted by Gasteiger charge is -2.28. The molecule has 0 saturated heterocycles. The van der Waals surface area contributed by atoms with Crippen LogP contribution in [-0.2, 0) is 23.0 Å². The van der Waals surface area contributed by atoms with E-state index < -0.39 is 10.0 Å². The minimum absolute atomic E-state index is 0.165. The molecule has 0 saturated carbocycles. The number of amides is 1. The Labute approximate surface area is 148 Å². The number of rotatable bonds is 4. The maximum Gasteiger partial charge on any atom is 0.251 e. The van der Waals surface area contributed by atoms with Gasteiger partial charge in [-0.1, -0.05) is 30.3 Å². The van der Waals surface area contributed by atoms with E-state index in [1.54, 1.807) is 19.1 Å². The Balaban J connectivity index is 1.93. The molecule has 25 heavy (non-hydrogen) atoms. The molecule has 3 rings (SSSR count). The van der Waals surface area contributed by atoms with Crippen LogP contribution in [0.3, 0.4) is 0 Å². The van der Waals surface area contributed by atoms with Crippen LogP contribution in [0.4, 0.5) is 0 Å². The molecule has 1 aliphatic rings. The van der Waals surface area contributed by atoms with Gasteiger partial charge in [-0.3, -0.25) is 4.79 Å². The molecule has 2 aromatic carbocycles. The summed E-state index contributed by atoms with van der Waals surface area (Å²) in [5.74, 6) is -0.249. The van der Waals surface area contributed by atoms with Gasteiger partial charge in [-0.15, -0.1) is 0 Å². The van der Waals surface area contributed by atoms with Crippen molar-refractivity contribution in [3.05, 3.63) is 64.7 Å². The van der Waals surface area contributed by atoms with Crippen LogP contribution in [0.25, 0.3) is 0 Å². The third-order valence-corrected chi connectivity index (χ3v) is 6.37. The standard InChI is InChI=1S/C19H22N2O3S/c1-3-20-19(22)18-12-17(9-8-14(18)2)25(23,24)21-11-10-15-6-4-5-7-16(15)13-21/h4-9,12H,3,10-11,13H2,1-2H3,(H,20,22).